The number of nitrogens with zero attached hydrogens (tertiary/aromatic N) is 2. The highest BCUT2D eigenvalue weighted by Crippen LogP contribution is 2.36. The van der Waals surface area contributed by atoms with E-state index in [4.69, 9.17) is 9.82 Å². The lowest BCUT2D eigenvalue weighted by molar-refractivity contribution is 0.0677. The molecule has 0 unspecified atom stereocenters. The number of rotatable bonds is 2. The van der Waals surface area contributed by atoms with Crippen LogP contribution in [0.5, 0.6) is 0 Å². The first kappa shape index (κ1) is 12.2. The van der Waals surface area contributed by atoms with E-state index in [0.717, 1.165) is 27.7 Å². The van der Waals surface area contributed by atoms with E-state index in [0.29, 0.717) is 0 Å². The van der Waals surface area contributed by atoms with Gasteiger partial charge in [0.05, 0.1) is 22.9 Å². The van der Waals surface area contributed by atoms with Crippen LogP contribution in [0.4, 0.5) is 0 Å². The zero-order valence-electron chi connectivity index (χ0n) is 12.1. The monoisotopic (exact) mass is 276 g/mol. The SMILES string of the molecule is CC(C)On1cc2c3ccccc3nc-2c2ccccc21. The third kappa shape index (κ3) is 1.85. The Labute approximate surface area is 123 Å². The van der Waals surface area contributed by atoms with Crippen molar-refractivity contribution in [1.82, 2.24) is 9.71 Å². The first-order valence-electron chi connectivity index (χ1n) is 7.20. The topological polar surface area (TPSA) is 27.1 Å². The van der Waals surface area contributed by atoms with Crippen molar-refractivity contribution >= 4 is 21.8 Å². The molecule has 0 amide bonds. The molecule has 0 aliphatic carbocycles. The molecule has 104 valence electrons. The molecule has 21 heavy (non-hydrogen) atoms. The van der Waals surface area contributed by atoms with E-state index >= 15 is 0 Å². The predicted octanol–water partition coefficient (Wildman–Crippen LogP) is 4.13. The maximum absolute atomic E-state index is 5.94. The van der Waals surface area contributed by atoms with Crippen LogP contribution in [-0.4, -0.2) is 15.8 Å². The number of hydrogen-bond donors (Lipinski definition) is 0. The first-order valence-corrected chi connectivity index (χ1v) is 7.20. The molecule has 3 nitrogen and oxygen atoms in total. The normalized spacial score (nSPS) is 11.8. The Bertz CT molecular complexity index is 908. The average Bonchev–Trinajstić information content (AvgIpc) is 2.86. The Morgan fingerprint density at radius 2 is 1.67 bits per heavy atom. The molecule has 2 aromatic carbocycles. The van der Waals surface area contributed by atoms with E-state index in [1.165, 1.54) is 5.39 Å². The van der Waals surface area contributed by atoms with E-state index in [-0.39, 0.29) is 6.10 Å². The Balaban J connectivity index is 2.15. The molecule has 0 fully saturated rings. The molecule has 0 atom stereocenters. The minimum Gasteiger partial charge on any atom is -0.411 e. The molecule has 3 heteroatoms. The van der Waals surface area contributed by atoms with E-state index in [1.807, 2.05) is 49.0 Å². The van der Waals surface area contributed by atoms with Crippen LogP contribution in [0.15, 0.2) is 54.7 Å². The summed E-state index contributed by atoms with van der Waals surface area (Å²) in [4.78, 5) is 10.7. The van der Waals surface area contributed by atoms with Gasteiger partial charge in [0, 0.05) is 16.3 Å². The van der Waals surface area contributed by atoms with Gasteiger partial charge >= 0.3 is 0 Å². The van der Waals surface area contributed by atoms with Gasteiger partial charge in [-0.15, -0.1) is 0 Å². The maximum Gasteiger partial charge on any atom is 0.119 e. The molecular weight excluding hydrogens is 260 g/mol. The first-order chi connectivity index (χ1) is 10.2. The molecule has 0 radical (unpaired) electrons. The summed E-state index contributed by atoms with van der Waals surface area (Å²) in [5, 5.41) is 2.28. The summed E-state index contributed by atoms with van der Waals surface area (Å²) >= 11 is 0. The second-order valence-electron chi connectivity index (χ2n) is 5.52. The Kier molecular flexibility index (Phi) is 2.61. The molecule has 2 aliphatic heterocycles. The van der Waals surface area contributed by atoms with Gasteiger partial charge in [-0.2, -0.15) is 4.73 Å². The zero-order chi connectivity index (χ0) is 14.4. The van der Waals surface area contributed by atoms with E-state index in [2.05, 4.69) is 24.3 Å². The number of pyridine rings is 1. The van der Waals surface area contributed by atoms with Gasteiger partial charge in [-0.3, -0.25) is 0 Å². The van der Waals surface area contributed by atoms with Crippen molar-refractivity contribution in [3.05, 3.63) is 54.7 Å². The molecule has 2 aromatic rings. The molecule has 0 aromatic heterocycles. The number of benzene rings is 2. The number of fused-ring (bicyclic) bond motifs is 5. The third-order valence-electron chi connectivity index (χ3n) is 3.65. The fourth-order valence-electron chi connectivity index (χ4n) is 2.81. The fourth-order valence-corrected chi connectivity index (χ4v) is 2.81. The largest absolute Gasteiger partial charge is 0.411 e. The van der Waals surface area contributed by atoms with Crippen LogP contribution >= 0.6 is 0 Å². The van der Waals surface area contributed by atoms with E-state index in [9.17, 15) is 0 Å². The summed E-state index contributed by atoms with van der Waals surface area (Å²) < 4.78 is 1.87. The molecule has 0 saturated heterocycles. The standard InChI is InChI=1S/C18H16N2O/c1-12(2)21-20-11-15-13-7-3-5-9-16(13)19-18(15)14-8-4-6-10-17(14)20/h3-12H,1-2H3. The summed E-state index contributed by atoms with van der Waals surface area (Å²) in [7, 11) is 0. The summed E-state index contributed by atoms with van der Waals surface area (Å²) in [6, 6.07) is 16.5. The highest BCUT2D eigenvalue weighted by atomic mass is 16.7. The minimum atomic E-state index is 0.116. The van der Waals surface area contributed by atoms with Gasteiger partial charge in [0.1, 0.15) is 6.10 Å². The molecule has 0 saturated carbocycles. The van der Waals surface area contributed by atoms with Gasteiger partial charge in [-0.25, -0.2) is 4.98 Å². The minimum absolute atomic E-state index is 0.116. The second kappa shape index (κ2) is 4.48. The van der Waals surface area contributed by atoms with Gasteiger partial charge in [-0.05, 0) is 26.0 Å². The summed E-state index contributed by atoms with van der Waals surface area (Å²) in [5.41, 5.74) is 4.24. The van der Waals surface area contributed by atoms with Crippen molar-refractivity contribution in [3.8, 4) is 11.3 Å². The van der Waals surface area contributed by atoms with Crippen molar-refractivity contribution in [2.45, 2.75) is 20.0 Å². The van der Waals surface area contributed by atoms with Crippen LogP contribution in [0.2, 0.25) is 0 Å². The van der Waals surface area contributed by atoms with Crippen LogP contribution in [-0.2, 0) is 0 Å². The van der Waals surface area contributed by atoms with Gasteiger partial charge in [0.15, 0.2) is 0 Å². The van der Waals surface area contributed by atoms with E-state index in [1.54, 1.807) is 0 Å². The van der Waals surface area contributed by atoms with Crippen LogP contribution in [0, 0.1) is 0 Å². The lowest BCUT2D eigenvalue weighted by atomic mass is 10.1. The van der Waals surface area contributed by atoms with Crippen LogP contribution < -0.4 is 4.84 Å². The van der Waals surface area contributed by atoms with Crippen LogP contribution in [0.25, 0.3) is 33.1 Å². The van der Waals surface area contributed by atoms with Crippen molar-refractivity contribution in [1.29, 1.82) is 0 Å². The van der Waals surface area contributed by atoms with Crippen molar-refractivity contribution in [3.63, 3.8) is 0 Å². The highest BCUT2D eigenvalue weighted by Gasteiger charge is 2.17. The van der Waals surface area contributed by atoms with Gasteiger partial charge in [-0.1, -0.05) is 36.4 Å². The number of hydrogen-bond acceptors (Lipinski definition) is 2. The number of aromatic nitrogens is 2. The van der Waals surface area contributed by atoms with Crippen LogP contribution in [0.3, 0.4) is 0 Å². The summed E-state index contributed by atoms with van der Waals surface area (Å²) in [6.45, 7) is 4.07. The fraction of sp³-hybridized carbons (Fsp3) is 0.167. The molecule has 2 heterocycles. The third-order valence-corrected chi connectivity index (χ3v) is 3.65. The van der Waals surface area contributed by atoms with E-state index < -0.39 is 0 Å². The highest BCUT2D eigenvalue weighted by molar-refractivity contribution is 6.06. The summed E-state index contributed by atoms with van der Waals surface area (Å²) in [5.74, 6) is 0. The second-order valence-corrected chi connectivity index (χ2v) is 5.52. The van der Waals surface area contributed by atoms with Crippen LogP contribution in [0.1, 0.15) is 13.8 Å². The molecule has 4 rings (SSSR count). The molecule has 2 aliphatic rings. The molecule has 0 spiro atoms. The quantitative estimate of drug-likeness (QED) is 0.550. The smallest absolute Gasteiger partial charge is 0.119 e. The lowest BCUT2D eigenvalue weighted by Gasteiger charge is -2.17. The number of para-hydroxylation sites is 2. The van der Waals surface area contributed by atoms with Gasteiger partial charge < -0.3 is 4.84 Å². The van der Waals surface area contributed by atoms with Gasteiger partial charge in [0.2, 0.25) is 0 Å². The molecular formula is C18H16N2O. The Morgan fingerprint density at radius 1 is 0.952 bits per heavy atom. The Hall–Kier alpha value is -2.55. The molecule has 0 bridgehead atoms. The summed E-state index contributed by atoms with van der Waals surface area (Å²) in [6.07, 6.45) is 2.16. The molecule has 0 N–H and O–H groups in total. The lowest BCUT2D eigenvalue weighted by Crippen LogP contribution is -2.20. The predicted molar refractivity (Wildman–Crippen MR) is 85.6 cm³/mol. The van der Waals surface area contributed by atoms with Gasteiger partial charge in [0.25, 0.3) is 0 Å². The van der Waals surface area contributed by atoms with Crippen molar-refractivity contribution in [2.75, 3.05) is 0 Å². The maximum atomic E-state index is 5.94. The zero-order valence-corrected chi connectivity index (χ0v) is 12.1. The average molecular weight is 276 g/mol. The Morgan fingerprint density at radius 3 is 2.48 bits per heavy atom. The van der Waals surface area contributed by atoms with Crippen molar-refractivity contribution < 1.29 is 4.84 Å². The van der Waals surface area contributed by atoms with Crippen molar-refractivity contribution in [2.24, 2.45) is 0 Å².